The lowest BCUT2D eigenvalue weighted by Crippen LogP contribution is -2.20. The molecule has 0 aliphatic heterocycles. The molecule has 0 radical (unpaired) electrons. The molecular formula is C31H45FO. The van der Waals surface area contributed by atoms with Gasteiger partial charge in [0.05, 0.1) is 6.61 Å². The maximum Gasteiger partial charge on any atom is 0.134 e. The molecule has 0 saturated heterocycles. The molecule has 0 N–H and O–H groups in total. The molecule has 182 valence electrons. The van der Waals surface area contributed by atoms with Crippen molar-refractivity contribution in [2.75, 3.05) is 6.61 Å². The van der Waals surface area contributed by atoms with Gasteiger partial charge in [-0.3, -0.25) is 0 Å². The van der Waals surface area contributed by atoms with Crippen LogP contribution in [0, 0.1) is 17.7 Å². The van der Waals surface area contributed by atoms with Gasteiger partial charge in [-0.25, -0.2) is 4.39 Å². The molecule has 1 saturated carbocycles. The third-order valence-electron chi connectivity index (χ3n) is 7.44. The van der Waals surface area contributed by atoms with Gasteiger partial charge in [0.25, 0.3) is 0 Å². The average molecular weight is 453 g/mol. The Hall–Kier alpha value is -1.83. The third kappa shape index (κ3) is 8.80. The summed E-state index contributed by atoms with van der Waals surface area (Å²) in [5.74, 6) is 1.99. The second-order valence-electron chi connectivity index (χ2n) is 10.2. The smallest absolute Gasteiger partial charge is 0.134 e. The number of rotatable bonds is 14. The summed E-state index contributed by atoms with van der Waals surface area (Å²) in [6, 6.07) is 13.8. The summed E-state index contributed by atoms with van der Waals surface area (Å²) < 4.78 is 20.8. The van der Waals surface area contributed by atoms with E-state index in [1.54, 1.807) is 6.07 Å². The van der Waals surface area contributed by atoms with Gasteiger partial charge in [0, 0.05) is 11.6 Å². The Balaban J connectivity index is 1.43. The zero-order chi connectivity index (χ0) is 23.3. The molecule has 3 rings (SSSR count). The van der Waals surface area contributed by atoms with Crippen LogP contribution in [0.15, 0.2) is 42.5 Å². The van der Waals surface area contributed by atoms with Crippen LogP contribution in [0.25, 0.3) is 11.1 Å². The van der Waals surface area contributed by atoms with Crippen molar-refractivity contribution in [2.45, 2.75) is 104 Å². The van der Waals surface area contributed by atoms with Crippen molar-refractivity contribution in [2.24, 2.45) is 11.8 Å². The number of ether oxygens (including phenoxy) is 1. The quantitative estimate of drug-likeness (QED) is 0.259. The Morgan fingerprint density at radius 1 is 0.758 bits per heavy atom. The number of hydrogen-bond acceptors (Lipinski definition) is 1. The summed E-state index contributed by atoms with van der Waals surface area (Å²) in [6.07, 6.45) is 18.2. The summed E-state index contributed by atoms with van der Waals surface area (Å²) in [4.78, 5) is 0. The van der Waals surface area contributed by atoms with Crippen LogP contribution in [-0.2, 0) is 6.42 Å². The minimum absolute atomic E-state index is 0.195. The predicted octanol–water partition coefficient (Wildman–Crippen LogP) is 9.77. The van der Waals surface area contributed by atoms with Crippen molar-refractivity contribution < 1.29 is 9.13 Å². The van der Waals surface area contributed by atoms with Gasteiger partial charge in [-0.15, -0.1) is 0 Å². The molecule has 1 nitrogen and oxygen atoms in total. The van der Waals surface area contributed by atoms with Crippen LogP contribution in [0.2, 0.25) is 0 Å². The van der Waals surface area contributed by atoms with Crippen LogP contribution in [0.1, 0.15) is 103 Å². The van der Waals surface area contributed by atoms with Crippen LogP contribution in [-0.4, -0.2) is 6.61 Å². The first-order valence-electron chi connectivity index (χ1n) is 13.7. The first kappa shape index (κ1) is 25.8. The van der Waals surface area contributed by atoms with Crippen molar-refractivity contribution in [3.63, 3.8) is 0 Å². The molecule has 1 fully saturated rings. The van der Waals surface area contributed by atoms with E-state index in [1.807, 2.05) is 12.1 Å². The van der Waals surface area contributed by atoms with E-state index in [2.05, 4.69) is 38.1 Å². The van der Waals surface area contributed by atoms with E-state index in [9.17, 15) is 4.39 Å². The molecule has 0 amide bonds. The summed E-state index contributed by atoms with van der Waals surface area (Å²) in [7, 11) is 0. The van der Waals surface area contributed by atoms with Crippen molar-refractivity contribution in [3.8, 4) is 16.9 Å². The lowest BCUT2D eigenvalue weighted by Gasteiger charge is -2.28. The van der Waals surface area contributed by atoms with Crippen molar-refractivity contribution >= 4 is 0 Å². The van der Waals surface area contributed by atoms with Gasteiger partial charge in [0.15, 0.2) is 0 Å². The average Bonchev–Trinajstić information content (AvgIpc) is 2.84. The highest BCUT2D eigenvalue weighted by Crippen LogP contribution is 2.33. The normalized spacial score (nSPS) is 18.4. The Kier molecular flexibility index (Phi) is 11.3. The molecule has 1 aliphatic rings. The Bertz CT molecular complexity index is 789. The van der Waals surface area contributed by atoms with E-state index in [1.165, 1.54) is 89.0 Å². The monoisotopic (exact) mass is 452 g/mol. The molecule has 1 aliphatic carbocycles. The second kappa shape index (κ2) is 14.4. The maximum atomic E-state index is 14.8. The van der Waals surface area contributed by atoms with E-state index >= 15 is 0 Å². The number of hydrogen-bond donors (Lipinski definition) is 0. The van der Waals surface area contributed by atoms with Gasteiger partial charge in [-0.2, -0.15) is 0 Å². The lowest BCUT2D eigenvalue weighted by atomic mass is 9.80. The highest BCUT2D eigenvalue weighted by molar-refractivity contribution is 5.65. The summed E-state index contributed by atoms with van der Waals surface area (Å²) in [6.45, 7) is 5.24. The largest absolute Gasteiger partial charge is 0.493 e. The zero-order valence-corrected chi connectivity index (χ0v) is 21.1. The van der Waals surface area contributed by atoms with Gasteiger partial charge in [0.2, 0.25) is 0 Å². The van der Waals surface area contributed by atoms with E-state index in [4.69, 9.17) is 4.74 Å². The molecule has 2 aromatic carbocycles. The van der Waals surface area contributed by atoms with Gasteiger partial charge < -0.3 is 4.74 Å². The molecule has 2 heteroatoms. The SMILES string of the molecule is CCCCCCCc1ccc(-c2ccc(OCC3CCC(CCCCC)CC3)cc2F)cc1. The van der Waals surface area contributed by atoms with E-state index in [0.717, 1.165) is 17.9 Å². The predicted molar refractivity (Wildman–Crippen MR) is 139 cm³/mol. The molecule has 33 heavy (non-hydrogen) atoms. The Morgan fingerprint density at radius 2 is 1.42 bits per heavy atom. The molecule has 0 spiro atoms. The summed E-state index contributed by atoms with van der Waals surface area (Å²) >= 11 is 0. The van der Waals surface area contributed by atoms with Crippen molar-refractivity contribution in [1.29, 1.82) is 0 Å². The summed E-state index contributed by atoms with van der Waals surface area (Å²) in [5.41, 5.74) is 2.94. The van der Waals surface area contributed by atoms with Gasteiger partial charge >= 0.3 is 0 Å². The van der Waals surface area contributed by atoms with E-state index < -0.39 is 0 Å². The first-order valence-corrected chi connectivity index (χ1v) is 13.7. The van der Waals surface area contributed by atoms with Crippen LogP contribution in [0.3, 0.4) is 0 Å². The lowest BCUT2D eigenvalue weighted by molar-refractivity contribution is 0.177. The Morgan fingerprint density at radius 3 is 2.12 bits per heavy atom. The number of halogens is 1. The topological polar surface area (TPSA) is 9.23 Å². The molecule has 0 unspecified atom stereocenters. The molecule has 0 bridgehead atoms. The van der Waals surface area contributed by atoms with Gasteiger partial charge in [-0.05, 0) is 60.8 Å². The molecule has 0 atom stereocenters. The molecular weight excluding hydrogens is 407 g/mol. The van der Waals surface area contributed by atoms with E-state index in [0.29, 0.717) is 23.8 Å². The number of benzene rings is 2. The minimum Gasteiger partial charge on any atom is -0.493 e. The highest BCUT2D eigenvalue weighted by Gasteiger charge is 2.21. The molecule has 2 aromatic rings. The van der Waals surface area contributed by atoms with Crippen molar-refractivity contribution in [3.05, 3.63) is 53.8 Å². The van der Waals surface area contributed by atoms with Crippen LogP contribution < -0.4 is 4.74 Å². The zero-order valence-electron chi connectivity index (χ0n) is 21.1. The van der Waals surface area contributed by atoms with Crippen LogP contribution in [0.4, 0.5) is 4.39 Å². The van der Waals surface area contributed by atoms with Gasteiger partial charge in [0.1, 0.15) is 11.6 Å². The van der Waals surface area contributed by atoms with Gasteiger partial charge in [-0.1, -0.05) is 102 Å². The summed E-state index contributed by atoms with van der Waals surface area (Å²) in [5, 5.41) is 0. The van der Waals surface area contributed by atoms with E-state index in [-0.39, 0.29) is 5.82 Å². The maximum absolute atomic E-state index is 14.8. The van der Waals surface area contributed by atoms with Crippen molar-refractivity contribution in [1.82, 2.24) is 0 Å². The first-order chi connectivity index (χ1) is 16.2. The fourth-order valence-electron chi connectivity index (χ4n) is 5.19. The standard InChI is InChI=1S/C31H45FO/c1-3-5-7-8-10-12-26-17-19-28(20-18-26)30-22-21-29(23-31(30)32)33-24-27-15-13-25(14-16-27)11-9-6-4-2/h17-23,25,27H,3-16,24H2,1-2H3. The number of unbranched alkanes of at least 4 members (excludes halogenated alkanes) is 6. The number of aryl methyl sites for hydroxylation is 1. The third-order valence-corrected chi connectivity index (χ3v) is 7.44. The Labute approximate surface area is 202 Å². The highest BCUT2D eigenvalue weighted by atomic mass is 19.1. The minimum atomic E-state index is -0.195. The molecule has 0 aromatic heterocycles. The second-order valence-corrected chi connectivity index (χ2v) is 10.2. The molecule has 0 heterocycles. The van der Waals surface area contributed by atoms with Crippen LogP contribution in [0.5, 0.6) is 5.75 Å². The fourth-order valence-corrected chi connectivity index (χ4v) is 5.19. The van der Waals surface area contributed by atoms with Crippen LogP contribution >= 0.6 is 0 Å². The fraction of sp³-hybridized carbons (Fsp3) is 0.613.